The fourth-order valence-corrected chi connectivity index (χ4v) is 4.59. The van der Waals surface area contributed by atoms with E-state index >= 15 is 0 Å². The van der Waals surface area contributed by atoms with Crippen LogP contribution in [-0.2, 0) is 13.3 Å². The highest BCUT2D eigenvalue weighted by atomic mass is 28.4. The highest BCUT2D eigenvalue weighted by molar-refractivity contribution is 6.60. The van der Waals surface area contributed by atoms with E-state index < -0.39 is 8.80 Å². The van der Waals surface area contributed by atoms with Gasteiger partial charge in [0.15, 0.2) is 0 Å². The molecule has 4 heteroatoms. The summed E-state index contributed by atoms with van der Waals surface area (Å²) in [5.74, 6) is 0. The van der Waals surface area contributed by atoms with Crippen molar-refractivity contribution < 1.29 is 13.3 Å². The molecule has 0 aromatic rings. The molecular formula is C12H28O3Si. The number of rotatable bonds is 8. The van der Waals surface area contributed by atoms with E-state index in [4.69, 9.17) is 13.3 Å². The summed E-state index contributed by atoms with van der Waals surface area (Å²) in [6.07, 6.45) is 1.07. The highest BCUT2D eigenvalue weighted by Crippen LogP contribution is 2.27. The summed E-state index contributed by atoms with van der Waals surface area (Å²) in [5, 5.41) is 0. The molecule has 0 aliphatic carbocycles. The first kappa shape index (κ1) is 16.1. The Balaban J connectivity index is 4.46. The van der Waals surface area contributed by atoms with Gasteiger partial charge in [0.05, 0.1) is 0 Å². The van der Waals surface area contributed by atoms with Crippen LogP contribution in [0, 0.1) is 5.41 Å². The van der Waals surface area contributed by atoms with E-state index in [2.05, 4.69) is 20.8 Å². The minimum absolute atomic E-state index is 0.295. The van der Waals surface area contributed by atoms with Crippen molar-refractivity contribution in [2.45, 2.75) is 54.0 Å². The molecule has 0 saturated heterocycles. The third-order valence-electron chi connectivity index (χ3n) is 2.27. The summed E-state index contributed by atoms with van der Waals surface area (Å²) in [6.45, 7) is 14.7. The van der Waals surface area contributed by atoms with Crippen LogP contribution in [0.4, 0.5) is 0 Å². The SMILES string of the molecule is CCO[Si](CCC(C)(C)C)(OCC)OCC. The van der Waals surface area contributed by atoms with Gasteiger partial charge in [-0.2, -0.15) is 0 Å². The Morgan fingerprint density at radius 3 is 1.44 bits per heavy atom. The predicted molar refractivity (Wildman–Crippen MR) is 69.5 cm³/mol. The second kappa shape index (κ2) is 7.43. The van der Waals surface area contributed by atoms with Gasteiger partial charge in [0.1, 0.15) is 0 Å². The standard InChI is InChI=1S/C12H28O3Si/c1-7-13-16(14-8-2,15-9-3)11-10-12(4,5)6/h7-11H2,1-6H3. The smallest absolute Gasteiger partial charge is 0.374 e. The van der Waals surface area contributed by atoms with Crippen molar-refractivity contribution >= 4 is 8.80 Å². The van der Waals surface area contributed by atoms with Crippen molar-refractivity contribution in [3.05, 3.63) is 0 Å². The summed E-state index contributed by atoms with van der Waals surface area (Å²) in [6, 6.07) is 0.909. The summed E-state index contributed by atoms with van der Waals surface area (Å²) in [5.41, 5.74) is 0.295. The van der Waals surface area contributed by atoms with Crippen LogP contribution in [0.5, 0.6) is 0 Å². The summed E-state index contributed by atoms with van der Waals surface area (Å²) < 4.78 is 17.4. The first-order valence-electron chi connectivity index (χ1n) is 6.31. The van der Waals surface area contributed by atoms with Gasteiger partial charge in [-0.3, -0.25) is 0 Å². The third kappa shape index (κ3) is 6.63. The van der Waals surface area contributed by atoms with Crippen molar-refractivity contribution in [3.8, 4) is 0 Å². The quantitative estimate of drug-likeness (QED) is 0.616. The van der Waals surface area contributed by atoms with E-state index in [9.17, 15) is 0 Å². The topological polar surface area (TPSA) is 27.7 Å². The van der Waals surface area contributed by atoms with Gasteiger partial charge in [0.2, 0.25) is 0 Å². The molecule has 3 nitrogen and oxygen atoms in total. The molecule has 0 rings (SSSR count). The zero-order chi connectivity index (χ0) is 12.7. The van der Waals surface area contributed by atoms with Crippen molar-refractivity contribution in [1.29, 1.82) is 0 Å². The van der Waals surface area contributed by atoms with E-state index in [1.54, 1.807) is 0 Å². The van der Waals surface area contributed by atoms with Gasteiger partial charge >= 0.3 is 8.80 Å². The zero-order valence-corrected chi connectivity index (χ0v) is 12.8. The molecule has 0 unspecified atom stereocenters. The van der Waals surface area contributed by atoms with Crippen molar-refractivity contribution in [3.63, 3.8) is 0 Å². The summed E-state index contributed by atoms with van der Waals surface area (Å²) in [4.78, 5) is 0. The largest absolute Gasteiger partial charge is 0.500 e. The van der Waals surface area contributed by atoms with Crippen LogP contribution >= 0.6 is 0 Å². The molecule has 0 amide bonds. The first-order valence-corrected chi connectivity index (χ1v) is 8.24. The van der Waals surface area contributed by atoms with E-state index in [1.165, 1.54) is 0 Å². The van der Waals surface area contributed by atoms with Crippen molar-refractivity contribution in [1.82, 2.24) is 0 Å². The highest BCUT2D eigenvalue weighted by Gasteiger charge is 2.40. The lowest BCUT2D eigenvalue weighted by Crippen LogP contribution is -2.46. The van der Waals surface area contributed by atoms with Crippen LogP contribution in [0.15, 0.2) is 0 Å². The van der Waals surface area contributed by atoms with Crippen LogP contribution in [0.2, 0.25) is 6.04 Å². The fraction of sp³-hybridized carbons (Fsp3) is 1.00. The first-order chi connectivity index (χ1) is 7.39. The van der Waals surface area contributed by atoms with Crippen LogP contribution in [0.3, 0.4) is 0 Å². The third-order valence-corrected chi connectivity index (χ3v) is 5.32. The van der Waals surface area contributed by atoms with E-state index in [0.717, 1.165) is 12.5 Å². The van der Waals surface area contributed by atoms with Crippen LogP contribution < -0.4 is 0 Å². The molecule has 0 saturated carbocycles. The van der Waals surface area contributed by atoms with Crippen LogP contribution in [-0.4, -0.2) is 28.6 Å². The summed E-state index contributed by atoms with van der Waals surface area (Å²) >= 11 is 0. The normalized spacial score (nSPS) is 13.1. The maximum Gasteiger partial charge on any atom is 0.500 e. The molecule has 0 atom stereocenters. The van der Waals surface area contributed by atoms with E-state index in [1.807, 2.05) is 20.8 Å². The molecule has 98 valence electrons. The monoisotopic (exact) mass is 248 g/mol. The van der Waals surface area contributed by atoms with E-state index in [0.29, 0.717) is 25.2 Å². The van der Waals surface area contributed by atoms with Crippen molar-refractivity contribution in [2.24, 2.45) is 5.41 Å². The fourth-order valence-electron chi connectivity index (χ4n) is 1.53. The molecule has 0 fully saturated rings. The molecule has 16 heavy (non-hydrogen) atoms. The molecule has 0 N–H and O–H groups in total. The summed E-state index contributed by atoms with van der Waals surface area (Å²) in [7, 11) is -2.41. The molecule has 0 spiro atoms. The molecule has 0 aromatic heterocycles. The molecule has 0 aromatic carbocycles. The Hall–Kier alpha value is 0.0969. The van der Waals surface area contributed by atoms with Gasteiger partial charge in [0, 0.05) is 25.9 Å². The van der Waals surface area contributed by atoms with Gasteiger partial charge in [-0.05, 0) is 32.6 Å². The minimum Gasteiger partial charge on any atom is -0.374 e. The molecule has 0 bridgehead atoms. The van der Waals surface area contributed by atoms with E-state index in [-0.39, 0.29) is 0 Å². The molecule has 0 radical (unpaired) electrons. The Morgan fingerprint density at radius 2 is 1.19 bits per heavy atom. The maximum atomic E-state index is 5.80. The van der Waals surface area contributed by atoms with Gasteiger partial charge in [0.25, 0.3) is 0 Å². The Kier molecular flexibility index (Phi) is 7.47. The predicted octanol–water partition coefficient (Wildman–Crippen LogP) is 3.47. The average Bonchev–Trinajstić information content (AvgIpc) is 2.15. The Morgan fingerprint density at radius 1 is 0.812 bits per heavy atom. The van der Waals surface area contributed by atoms with Gasteiger partial charge in [-0.15, -0.1) is 0 Å². The van der Waals surface area contributed by atoms with Gasteiger partial charge < -0.3 is 13.3 Å². The maximum absolute atomic E-state index is 5.80. The van der Waals surface area contributed by atoms with Gasteiger partial charge in [-0.1, -0.05) is 20.8 Å². The Bertz CT molecular complexity index is 161. The molecule has 0 aliphatic rings. The number of hydrogen-bond donors (Lipinski definition) is 0. The molecule has 0 aliphatic heterocycles. The lowest BCUT2D eigenvalue weighted by Gasteiger charge is -2.31. The van der Waals surface area contributed by atoms with Crippen molar-refractivity contribution in [2.75, 3.05) is 19.8 Å². The molecule has 0 heterocycles. The van der Waals surface area contributed by atoms with Crippen LogP contribution in [0.1, 0.15) is 48.0 Å². The molecular weight excluding hydrogens is 220 g/mol. The second-order valence-electron chi connectivity index (χ2n) is 5.04. The van der Waals surface area contributed by atoms with Gasteiger partial charge in [-0.25, -0.2) is 0 Å². The van der Waals surface area contributed by atoms with Crippen LogP contribution in [0.25, 0.3) is 0 Å². The number of hydrogen-bond acceptors (Lipinski definition) is 3. The Labute approximate surface area is 102 Å². The minimum atomic E-state index is -2.41. The lowest BCUT2D eigenvalue weighted by atomic mass is 9.94. The average molecular weight is 248 g/mol. The zero-order valence-electron chi connectivity index (χ0n) is 11.8. The lowest BCUT2D eigenvalue weighted by molar-refractivity contribution is 0.0682. The second-order valence-corrected chi connectivity index (χ2v) is 7.77.